The van der Waals surface area contributed by atoms with Crippen molar-refractivity contribution < 1.29 is 19.4 Å². The number of ether oxygens (including phenoxy) is 1. The standard InChI is InChI=1S/C13H16O4/c1-9(11(14)15)12(16)17-13(2,3)10-7-5-4-6-8-10/h4-9H,1-3H3,(H,14,15). The summed E-state index contributed by atoms with van der Waals surface area (Å²) in [7, 11) is 0. The van der Waals surface area contributed by atoms with E-state index in [1.807, 2.05) is 30.3 Å². The summed E-state index contributed by atoms with van der Waals surface area (Å²) >= 11 is 0. The first kappa shape index (κ1) is 13.2. The number of carboxylic acids is 1. The van der Waals surface area contributed by atoms with Gasteiger partial charge in [0, 0.05) is 0 Å². The molecule has 0 aliphatic heterocycles. The van der Waals surface area contributed by atoms with E-state index in [1.54, 1.807) is 13.8 Å². The lowest BCUT2D eigenvalue weighted by molar-refractivity contribution is -0.167. The molecule has 17 heavy (non-hydrogen) atoms. The predicted molar refractivity (Wildman–Crippen MR) is 62.4 cm³/mol. The summed E-state index contributed by atoms with van der Waals surface area (Å²) in [6.45, 7) is 4.77. The summed E-state index contributed by atoms with van der Waals surface area (Å²) in [6.07, 6.45) is 0. The van der Waals surface area contributed by atoms with Crippen LogP contribution < -0.4 is 0 Å². The molecule has 0 aliphatic carbocycles. The van der Waals surface area contributed by atoms with Crippen LogP contribution in [0.4, 0.5) is 0 Å². The number of hydrogen-bond donors (Lipinski definition) is 1. The lowest BCUT2D eigenvalue weighted by Gasteiger charge is -2.26. The topological polar surface area (TPSA) is 63.6 Å². The molecule has 1 unspecified atom stereocenters. The molecule has 0 saturated carbocycles. The Balaban J connectivity index is 2.80. The van der Waals surface area contributed by atoms with Gasteiger partial charge in [0.1, 0.15) is 5.60 Å². The number of carbonyl (C=O) groups excluding carboxylic acids is 1. The fraction of sp³-hybridized carbons (Fsp3) is 0.385. The van der Waals surface area contributed by atoms with Crippen LogP contribution in [0.25, 0.3) is 0 Å². The molecule has 4 nitrogen and oxygen atoms in total. The lowest BCUT2D eigenvalue weighted by atomic mass is 9.98. The van der Waals surface area contributed by atoms with Crippen LogP contribution in [0.5, 0.6) is 0 Å². The Bertz CT molecular complexity index is 409. The Hall–Kier alpha value is -1.84. The van der Waals surface area contributed by atoms with Crippen molar-refractivity contribution in [2.24, 2.45) is 5.92 Å². The molecule has 0 amide bonds. The van der Waals surface area contributed by atoms with Gasteiger partial charge < -0.3 is 9.84 Å². The van der Waals surface area contributed by atoms with Crippen LogP contribution in [-0.4, -0.2) is 17.0 Å². The predicted octanol–water partition coefficient (Wildman–Crippen LogP) is 2.19. The minimum absolute atomic E-state index is 0.730. The highest BCUT2D eigenvalue weighted by molar-refractivity contribution is 5.93. The quantitative estimate of drug-likeness (QED) is 0.643. The van der Waals surface area contributed by atoms with Crippen LogP contribution in [-0.2, 0) is 19.9 Å². The Morgan fingerprint density at radius 1 is 1.24 bits per heavy atom. The normalized spacial score (nSPS) is 12.9. The van der Waals surface area contributed by atoms with Crippen molar-refractivity contribution in [3.63, 3.8) is 0 Å². The highest BCUT2D eigenvalue weighted by Gasteiger charge is 2.30. The molecular formula is C13H16O4. The molecule has 1 rings (SSSR count). The van der Waals surface area contributed by atoms with Crippen molar-refractivity contribution in [1.82, 2.24) is 0 Å². The largest absolute Gasteiger partial charge is 0.481 e. The number of carbonyl (C=O) groups is 2. The van der Waals surface area contributed by atoms with Crippen molar-refractivity contribution in [2.45, 2.75) is 26.4 Å². The van der Waals surface area contributed by atoms with Crippen molar-refractivity contribution >= 4 is 11.9 Å². The first-order valence-corrected chi connectivity index (χ1v) is 5.36. The summed E-state index contributed by atoms with van der Waals surface area (Å²) < 4.78 is 5.23. The van der Waals surface area contributed by atoms with E-state index in [2.05, 4.69) is 0 Å². The van der Waals surface area contributed by atoms with Gasteiger partial charge in [0.05, 0.1) is 0 Å². The van der Waals surface area contributed by atoms with Gasteiger partial charge in [0.25, 0.3) is 0 Å². The molecule has 1 aromatic rings. The van der Waals surface area contributed by atoms with E-state index in [-0.39, 0.29) is 0 Å². The number of esters is 1. The van der Waals surface area contributed by atoms with Gasteiger partial charge in [-0.05, 0) is 26.3 Å². The van der Waals surface area contributed by atoms with Crippen LogP contribution in [0.15, 0.2) is 30.3 Å². The molecule has 4 heteroatoms. The van der Waals surface area contributed by atoms with Crippen molar-refractivity contribution in [3.8, 4) is 0 Å². The number of benzene rings is 1. The molecule has 0 heterocycles. The number of rotatable bonds is 4. The molecule has 1 atom stereocenters. The molecule has 0 radical (unpaired) electrons. The summed E-state index contributed by atoms with van der Waals surface area (Å²) in [5.41, 5.74) is -0.00635. The molecule has 0 spiro atoms. The average Bonchev–Trinajstić information content (AvgIpc) is 2.28. The van der Waals surface area contributed by atoms with E-state index in [0.29, 0.717) is 0 Å². The van der Waals surface area contributed by atoms with E-state index in [4.69, 9.17) is 9.84 Å². The minimum Gasteiger partial charge on any atom is -0.481 e. The van der Waals surface area contributed by atoms with E-state index in [0.717, 1.165) is 5.56 Å². The van der Waals surface area contributed by atoms with Crippen LogP contribution in [0, 0.1) is 5.92 Å². The number of carboxylic acid groups (broad SMARTS) is 1. The molecule has 0 fully saturated rings. The molecule has 0 bridgehead atoms. The Kier molecular flexibility index (Phi) is 3.89. The summed E-state index contributed by atoms with van der Waals surface area (Å²) in [4.78, 5) is 22.2. The maximum atomic E-state index is 11.6. The Labute approximate surface area is 100 Å². The number of aliphatic carboxylic acids is 1. The van der Waals surface area contributed by atoms with Gasteiger partial charge in [-0.15, -0.1) is 0 Å². The van der Waals surface area contributed by atoms with E-state index < -0.39 is 23.5 Å². The zero-order valence-corrected chi connectivity index (χ0v) is 10.1. The van der Waals surface area contributed by atoms with Crippen LogP contribution in [0.1, 0.15) is 26.3 Å². The van der Waals surface area contributed by atoms with Gasteiger partial charge in [-0.1, -0.05) is 30.3 Å². The molecule has 0 aliphatic rings. The van der Waals surface area contributed by atoms with Gasteiger partial charge in [0.15, 0.2) is 5.92 Å². The monoisotopic (exact) mass is 236 g/mol. The Morgan fingerprint density at radius 2 is 1.76 bits per heavy atom. The Morgan fingerprint density at radius 3 is 2.24 bits per heavy atom. The third kappa shape index (κ3) is 3.31. The van der Waals surface area contributed by atoms with Crippen LogP contribution in [0.2, 0.25) is 0 Å². The fourth-order valence-corrected chi connectivity index (χ4v) is 1.34. The van der Waals surface area contributed by atoms with E-state index >= 15 is 0 Å². The zero-order chi connectivity index (χ0) is 13.1. The third-order valence-corrected chi connectivity index (χ3v) is 2.55. The summed E-state index contributed by atoms with van der Waals surface area (Å²) in [5.74, 6) is -3.07. The third-order valence-electron chi connectivity index (χ3n) is 2.55. The molecule has 0 saturated heterocycles. The second kappa shape index (κ2) is 4.99. The van der Waals surface area contributed by atoms with Crippen molar-refractivity contribution in [1.29, 1.82) is 0 Å². The van der Waals surface area contributed by atoms with Gasteiger partial charge >= 0.3 is 11.9 Å². The van der Waals surface area contributed by atoms with Crippen LogP contribution >= 0.6 is 0 Å². The molecule has 92 valence electrons. The summed E-state index contributed by atoms with van der Waals surface area (Å²) in [5, 5.41) is 8.72. The number of hydrogen-bond acceptors (Lipinski definition) is 3. The second-order valence-electron chi connectivity index (χ2n) is 4.36. The molecule has 1 aromatic carbocycles. The highest BCUT2D eigenvalue weighted by Crippen LogP contribution is 2.25. The minimum atomic E-state index is -1.18. The van der Waals surface area contributed by atoms with Gasteiger partial charge in [0.2, 0.25) is 0 Å². The molecule has 0 aromatic heterocycles. The highest BCUT2D eigenvalue weighted by atomic mass is 16.6. The second-order valence-corrected chi connectivity index (χ2v) is 4.36. The van der Waals surface area contributed by atoms with Crippen molar-refractivity contribution in [3.05, 3.63) is 35.9 Å². The van der Waals surface area contributed by atoms with Gasteiger partial charge in [-0.25, -0.2) is 0 Å². The molecule has 1 N–H and O–H groups in total. The lowest BCUT2D eigenvalue weighted by Crippen LogP contribution is -2.31. The maximum absolute atomic E-state index is 11.6. The first-order chi connectivity index (χ1) is 7.84. The zero-order valence-electron chi connectivity index (χ0n) is 10.1. The first-order valence-electron chi connectivity index (χ1n) is 5.36. The van der Waals surface area contributed by atoms with E-state index in [1.165, 1.54) is 6.92 Å². The van der Waals surface area contributed by atoms with Gasteiger partial charge in [-0.2, -0.15) is 0 Å². The fourth-order valence-electron chi connectivity index (χ4n) is 1.34. The maximum Gasteiger partial charge on any atom is 0.320 e. The summed E-state index contributed by atoms with van der Waals surface area (Å²) in [6, 6.07) is 9.20. The SMILES string of the molecule is CC(C(=O)O)C(=O)OC(C)(C)c1ccccc1. The van der Waals surface area contributed by atoms with E-state index in [9.17, 15) is 9.59 Å². The van der Waals surface area contributed by atoms with Crippen LogP contribution in [0.3, 0.4) is 0 Å². The molecular weight excluding hydrogens is 220 g/mol. The van der Waals surface area contributed by atoms with Gasteiger partial charge in [-0.3, -0.25) is 9.59 Å². The van der Waals surface area contributed by atoms with Crippen molar-refractivity contribution in [2.75, 3.05) is 0 Å². The average molecular weight is 236 g/mol. The smallest absolute Gasteiger partial charge is 0.320 e.